The van der Waals surface area contributed by atoms with Gasteiger partial charge in [0.05, 0.1) is 6.61 Å². The number of ether oxygens (including phenoxy) is 1. The van der Waals surface area contributed by atoms with E-state index in [1.54, 1.807) is 7.11 Å². The Bertz CT molecular complexity index is 159. The largest absolute Gasteiger partial charge is 0.380 e. The third kappa shape index (κ3) is 1.95. The summed E-state index contributed by atoms with van der Waals surface area (Å²) in [5, 5.41) is 0. The molecule has 0 saturated heterocycles. The Hall–Kier alpha value is -0.630. The summed E-state index contributed by atoms with van der Waals surface area (Å²) in [7, 11) is 1.68. The SMILES string of the molecule is COCC1=CCC(=O)CC1. The molecule has 56 valence electrons. The summed E-state index contributed by atoms with van der Waals surface area (Å²) in [4.78, 5) is 10.7. The van der Waals surface area contributed by atoms with Gasteiger partial charge in [-0.1, -0.05) is 6.08 Å². The summed E-state index contributed by atoms with van der Waals surface area (Å²) < 4.78 is 4.94. The fourth-order valence-electron chi connectivity index (χ4n) is 1.08. The topological polar surface area (TPSA) is 26.3 Å². The highest BCUT2D eigenvalue weighted by molar-refractivity contribution is 5.81. The molecule has 0 aromatic rings. The molecule has 0 radical (unpaired) electrons. The molecule has 2 heteroatoms. The van der Waals surface area contributed by atoms with Crippen LogP contribution in [0.15, 0.2) is 11.6 Å². The van der Waals surface area contributed by atoms with Crippen LogP contribution in [0.1, 0.15) is 19.3 Å². The van der Waals surface area contributed by atoms with E-state index in [2.05, 4.69) is 0 Å². The van der Waals surface area contributed by atoms with Gasteiger partial charge in [-0.3, -0.25) is 4.79 Å². The number of carbonyl (C=O) groups excluding carboxylic acids is 1. The first-order valence-corrected chi connectivity index (χ1v) is 3.51. The van der Waals surface area contributed by atoms with Gasteiger partial charge in [0.1, 0.15) is 5.78 Å². The second kappa shape index (κ2) is 3.52. The lowest BCUT2D eigenvalue weighted by Crippen LogP contribution is -2.06. The zero-order chi connectivity index (χ0) is 7.40. The van der Waals surface area contributed by atoms with Crippen molar-refractivity contribution in [1.82, 2.24) is 0 Å². The summed E-state index contributed by atoms with van der Waals surface area (Å²) in [6.07, 6.45) is 4.19. The quantitative estimate of drug-likeness (QED) is 0.540. The van der Waals surface area contributed by atoms with Crippen LogP contribution in [-0.2, 0) is 9.53 Å². The minimum absolute atomic E-state index is 0.347. The molecule has 2 nitrogen and oxygen atoms in total. The van der Waals surface area contributed by atoms with E-state index in [-0.39, 0.29) is 0 Å². The highest BCUT2D eigenvalue weighted by atomic mass is 16.5. The summed E-state index contributed by atoms with van der Waals surface area (Å²) in [6, 6.07) is 0. The first kappa shape index (κ1) is 7.48. The Morgan fingerprint density at radius 3 is 2.90 bits per heavy atom. The molecule has 0 aromatic carbocycles. The van der Waals surface area contributed by atoms with Crippen LogP contribution < -0.4 is 0 Å². The molecule has 0 aromatic heterocycles. The number of Topliss-reactive ketones (excluding diaryl/α,β-unsaturated/α-hetero) is 1. The van der Waals surface area contributed by atoms with Crippen LogP contribution in [0.5, 0.6) is 0 Å². The molecule has 0 saturated carbocycles. The van der Waals surface area contributed by atoms with Gasteiger partial charge in [0, 0.05) is 20.0 Å². The van der Waals surface area contributed by atoms with Crippen molar-refractivity contribution >= 4 is 5.78 Å². The molecule has 0 amide bonds. The highest BCUT2D eigenvalue weighted by Crippen LogP contribution is 2.14. The number of hydrogen-bond donors (Lipinski definition) is 0. The van der Waals surface area contributed by atoms with Crippen molar-refractivity contribution in [1.29, 1.82) is 0 Å². The molecular formula is C8H12O2. The van der Waals surface area contributed by atoms with Crippen molar-refractivity contribution < 1.29 is 9.53 Å². The lowest BCUT2D eigenvalue weighted by molar-refractivity contribution is -0.118. The van der Waals surface area contributed by atoms with E-state index in [1.807, 2.05) is 6.08 Å². The van der Waals surface area contributed by atoms with E-state index in [0.29, 0.717) is 25.2 Å². The Morgan fingerprint density at radius 2 is 2.40 bits per heavy atom. The Morgan fingerprint density at radius 1 is 1.60 bits per heavy atom. The van der Waals surface area contributed by atoms with E-state index in [4.69, 9.17) is 4.74 Å². The van der Waals surface area contributed by atoms with Crippen LogP contribution in [-0.4, -0.2) is 19.5 Å². The van der Waals surface area contributed by atoms with Crippen LogP contribution in [0, 0.1) is 0 Å². The maximum atomic E-state index is 10.7. The van der Waals surface area contributed by atoms with Gasteiger partial charge in [0.25, 0.3) is 0 Å². The van der Waals surface area contributed by atoms with E-state index in [9.17, 15) is 4.79 Å². The summed E-state index contributed by atoms with van der Waals surface area (Å²) in [6.45, 7) is 0.688. The maximum absolute atomic E-state index is 10.7. The second-order valence-corrected chi connectivity index (χ2v) is 2.54. The normalized spacial score (nSPS) is 18.9. The number of carbonyl (C=O) groups is 1. The minimum atomic E-state index is 0.347. The number of methoxy groups -OCH3 is 1. The van der Waals surface area contributed by atoms with Crippen LogP contribution in [0.3, 0.4) is 0 Å². The van der Waals surface area contributed by atoms with Crippen molar-refractivity contribution in [3.05, 3.63) is 11.6 Å². The van der Waals surface area contributed by atoms with Crippen molar-refractivity contribution in [3.8, 4) is 0 Å². The van der Waals surface area contributed by atoms with Crippen molar-refractivity contribution in [2.45, 2.75) is 19.3 Å². The highest BCUT2D eigenvalue weighted by Gasteiger charge is 2.08. The Labute approximate surface area is 60.9 Å². The number of ketones is 1. The van der Waals surface area contributed by atoms with Gasteiger partial charge in [-0.25, -0.2) is 0 Å². The van der Waals surface area contributed by atoms with E-state index in [0.717, 1.165) is 6.42 Å². The predicted molar refractivity (Wildman–Crippen MR) is 38.8 cm³/mol. The smallest absolute Gasteiger partial charge is 0.136 e. The van der Waals surface area contributed by atoms with Crippen LogP contribution in [0.25, 0.3) is 0 Å². The molecule has 1 aliphatic carbocycles. The van der Waals surface area contributed by atoms with Crippen LogP contribution in [0.2, 0.25) is 0 Å². The number of rotatable bonds is 2. The van der Waals surface area contributed by atoms with E-state index < -0.39 is 0 Å². The van der Waals surface area contributed by atoms with Crippen LogP contribution >= 0.6 is 0 Å². The molecule has 1 aliphatic rings. The molecule has 10 heavy (non-hydrogen) atoms. The molecule has 0 bridgehead atoms. The molecule has 1 rings (SSSR count). The lowest BCUT2D eigenvalue weighted by atomic mass is 9.99. The zero-order valence-corrected chi connectivity index (χ0v) is 6.22. The molecule has 0 spiro atoms. The monoisotopic (exact) mass is 140 g/mol. The predicted octanol–water partition coefficient (Wildman–Crippen LogP) is 1.31. The van der Waals surface area contributed by atoms with Gasteiger partial charge in [-0.05, 0) is 12.0 Å². The molecule has 0 aliphatic heterocycles. The fraction of sp³-hybridized carbons (Fsp3) is 0.625. The van der Waals surface area contributed by atoms with Crippen molar-refractivity contribution in [2.24, 2.45) is 0 Å². The standard InChI is InChI=1S/C8H12O2/c1-10-6-7-2-4-8(9)5-3-7/h2H,3-6H2,1H3. The fourth-order valence-corrected chi connectivity index (χ4v) is 1.08. The molecule has 0 atom stereocenters. The van der Waals surface area contributed by atoms with Crippen molar-refractivity contribution in [3.63, 3.8) is 0 Å². The third-order valence-electron chi connectivity index (χ3n) is 1.67. The third-order valence-corrected chi connectivity index (χ3v) is 1.67. The Balaban J connectivity index is 2.40. The van der Waals surface area contributed by atoms with E-state index >= 15 is 0 Å². The summed E-state index contributed by atoms with van der Waals surface area (Å²) in [5.74, 6) is 0.347. The van der Waals surface area contributed by atoms with Gasteiger partial charge in [0.15, 0.2) is 0 Å². The Kier molecular flexibility index (Phi) is 2.63. The summed E-state index contributed by atoms with van der Waals surface area (Å²) in [5.41, 5.74) is 1.27. The second-order valence-electron chi connectivity index (χ2n) is 2.54. The van der Waals surface area contributed by atoms with Crippen molar-refractivity contribution in [2.75, 3.05) is 13.7 Å². The molecule has 0 N–H and O–H groups in total. The average molecular weight is 140 g/mol. The van der Waals surface area contributed by atoms with Gasteiger partial charge in [-0.2, -0.15) is 0 Å². The lowest BCUT2D eigenvalue weighted by Gasteiger charge is -2.09. The summed E-state index contributed by atoms with van der Waals surface area (Å²) >= 11 is 0. The molecule has 0 heterocycles. The average Bonchev–Trinajstić information content (AvgIpc) is 1.95. The zero-order valence-electron chi connectivity index (χ0n) is 6.22. The first-order chi connectivity index (χ1) is 4.83. The van der Waals surface area contributed by atoms with Gasteiger partial charge in [-0.15, -0.1) is 0 Å². The number of allylic oxidation sites excluding steroid dienone is 1. The maximum Gasteiger partial charge on any atom is 0.136 e. The molecular weight excluding hydrogens is 128 g/mol. The van der Waals surface area contributed by atoms with Gasteiger partial charge in [0.2, 0.25) is 0 Å². The van der Waals surface area contributed by atoms with Crippen LogP contribution in [0.4, 0.5) is 0 Å². The molecule has 0 unspecified atom stereocenters. The van der Waals surface area contributed by atoms with E-state index in [1.165, 1.54) is 5.57 Å². The minimum Gasteiger partial charge on any atom is -0.380 e. The first-order valence-electron chi connectivity index (χ1n) is 3.51. The number of hydrogen-bond acceptors (Lipinski definition) is 2. The van der Waals surface area contributed by atoms with Gasteiger partial charge >= 0.3 is 0 Å². The molecule has 0 fully saturated rings. The van der Waals surface area contributed by atoms with Gasteiger partial charge < -0.3 is 4.74 Å².